The number of phosphoric ester groups is 1. The van der Waals surface area contributed by atoms with E-state index in [0.29, 0.717) is 12.8 Å². The van der Waals surface area contributed by atoms with E-state index in [0.717, 1.165) is 38.5 Å². The van der Waals surface area contributed by atoms with E-state index in [4.69, 9.17) is 19.1 Å². The van der Waals surface area contributed by atoms with Crippen molar-refractivity contribution in [2.75, 3.05) is 26.4 Å². The Kier molecular flexibility index (Phi) is 35.2. The lowest BCUT2D eigenvalue weighted by molar-refractivity contribution is -0.161. The number of carbonyl (C=O) groups is 2. The Bertz CT molecular complexity index is 952. The number of unbranched alkanes of at least 4 members (excludes halogenated alkanes) is 17. The van der Waals surface area contributed by atoms with Gasteiger partial charge in [0.1, 0.15) is 12.7 Å². The number of ether oxygens (including phenoxy) is 2. The third-order valence-corrected chi connectivity index (χ3v) is 9.23. The SMILES string of the molecule is CCCCCC/C=C/CCCCCCCCCC(=O)OCC(COP(=O)(O)OC[C@@H](O)CO)OC(=O)CC/C=C/C/C=C/CCCCCCCC. The van der Waals surface area contributed by atoms with E-state index >= 15 is 0 Å². The lowest BCUT2D eigenvalue weighted by Crippen LogP contribution is -2.29. The van der Waals surface area contributed by atoms with Crippen LogP contribution in [-0.2, 0) is 32.7 Å². The summed E-state index contributed by atoms with van der Waals surface area (Å²) < 4.78 is 32.5. The van der Waals surface area contributed by atoms with E-state index < -0.39 is 51.8 Å². The van der Waals surface area contributed by atoms with Gasteiger partial charge in [-0.1, -0.05) is 134 Å². The Labute approximate surface area is 310 Å². The molecule has 0 aliphatic heterocycles. The number of carbonyl (C=O) groups excluding carboxylic acids is 2. The van der Waals surface area contributed by atoms with E-state index in [-0.39, 0.29) is 19.4 Å². The highest BCUT2D eigenvalue weighted by Gasteiger charge is 2.27. The summed E-state index contributed by atoms with van der Waals surface area (Å²) in [5.74, 6) is -1.01. The summed E-state index contributed by atoms with van der Waals surface area (Å²) in [5, 5.41) is 18.3. The summed E-state index contributed by atoms with van der Waals surface area (Å²) in [6.07, 6.45) is 35.6. The average Bonchev–Trinajstić information content (AvgIpc) is 3.12. The molecule has 0 fully saturated rings. The predicted molar refractivity (Wildman–Crippen MR) is 205 cm³/mol. The lowest BCUT2D eigenvalue weighted by Gasteiger charge is -2.20. The summed E-state index contributed by atoms with van der Waals surface area (Å²) in [6.45, 7) is 2.28. The van der Waals surface area contributed by atoms with Gasteiger partial charge < -0.3 is 24.6 Å². The number of phosphoric acid groups is 1. The molecular formula is C40H73O10P. The van der Waals surface area contributed by atoms with Crippen LogP contribution in [0.4, 0.5) is 0 Å². The number of rotatable bonds is 37. The highest BCUT2D eigenvalue weighted by Crippen LogP contribution is 2.43. The van der Waals surface area contributed by atoms with E-state index in [1.54, 1.807) is 0 Å². The van der Waals surface area contributed by atoms with Gasteiger partial charge in [-0.25, -0.2) is 4.57 Å². The molecule has 298 valence electrons. The molecular weight excluding hydrogens is 671 g/mol. The Morgan fingerprint density at radius 2 is 1.06 bits per heavy atom. The van der Waals surface area contributed by atoms with Crippen LogP contribution in [-0.4, -0.2) is 65.7 Å². The largest absolute Gasteiger partial charge is 0.472 e. The summed E-state index contributed by atoms with van der Waals surface area (Å²) in [6, 6.07) is 0. The second kappa shape index (κ2) is 36.5. The molecule has 0 radical (unpaired) electrons. The van der Waals surface area contributed by atoms with Crippen molar-refractivity contribution >= 4 is 19.8 Å². The maximum absolute atomic E-state index is 12.5. The first kappa shape index (κ1) is 49.2. The molecule has 0 saturated carbocycles. The fraction of sp³-hybridized carbons (Fsp3) is 0.800. The van der Waals surface area contributed by atoms with E-state index in [1.807, 2.05) is 12.2 Å². The molecule has 0 aliphatic rings. The number of hydrogen-bond donors (Lipinski definition) is 3. The first-order valence-corrected chi connectivity index (χ1v) is 21.4. The van der Waals surface area contributed by atoms with Gasteiger partial charge in [-0.15, -0.1) is 0 Å². The first-order valence-electron chi connectivity index (χ1n) is 19.9. The smallest absolute Gasteiger partial charge is 0.462 e. The quantitative estimate of drug-likeness (QED) is 0.0243. The van der Waals surface area contributed by atoms with Crippen LogP contribution in [0.5, 0.6) is 0 Å². The van der Waals surface area contributed by atoms with Crippen molar-refractivity contribution < 1.29 is 47.8 Å². The van der Waals surface area contributed by atoms with Crippen LogP contribution >= 0.6 is 7.82 Å². The molecule has 0 aromatic carbocycles. The zero-order valence-corrected chi connectivity index (χ0v) is 33.0. The molecule has 0 aromatic heterocycles. The highest BCUT2D eigenvalue weighted by atomic mass is 31.2. The number of aliphatic hydroxyl groups is 2. The van der Waals surface area contributed by atoms with Gasteiger partial charge in [-0.3, -0.25) is 18.6 Å². The van der Waals surface area contributed by atoms with Gasteiger partial charge in [-0.05, 0) is 57.8 Å². The van der Waals surface area contributed by atoms with Gasteiger partial charge in [0.2, 0.25) is 0 Å². The van der Waals surface area contributed by atoms with Crippen molar-refractivity contribution in [3.05, 3.63) is 36.5 Å². The molecule has 0 bridgehead atoms. The molecule has 10 nitrogen and oxygen atoms in total. The maximum Gasteiger partial charge on any atom is 0.472 e. The Balaban J connectivity index is 4.42. The van der Waals surface area contributed by atoms with Gasteiger partial charge in [0, 0.05) is 12.8 Å². The van der Waals surface area contributed by atoms with Crippen LogP contribution in [0, 0.1) is 0 Å². The Hall–Kier alpha value is -1.81. The van der Waals surface area contributed by atoms with Crippen LogP contribution < -0.4 is 0 Å². The summed E-state index contributed by atoms with van der Waals surface area (Å²) in [5.41, 5.74) is 0. The van der Waals surface area contributed by atoms with Crippen molar-refractivity contribution in [3.8, 4) is 0 Å². The third kappa shape index (κ3) is 36.3. The average molecular weight is 745 g/mol. The molecule has 0 amide bonds. The van der Waals surface area contributed by atoms with Gasteiger partial charge in [-0.2, -0.15) is 0 Å². The van der Waals surface area contributed by atoms with Crippen LogP contribution in [0.25, 0.3) is 0 Å². The van der Waals surface area contributed by atoms with Gasteiger partial charge >= 0.3 is 19.8 Å². The maximum atomic E-state index is 12.5. The molecule has 11 heteroatoms. The predicted octanol–water partition coefficient (Wildman–Crippen LogP) is 10.00. The van der Waals surface area contributed by atoms with Crippen molar-refractivity contribution in [1.82, 2.24) is 0 Å². The molecule has 0 heterocycles. The minimum atomic E-state index is -4.63. The zero-order valence-electron chi connectivity index (χ0n) is 32.1. The van der Waals surface area contributed by atoms with E-state index in [2.05, 4.69) is 42.7 Å². The third-order valence-electron chi connectivity index (χ3n) is 8.28. The minimum absolute atomic E-state index is 0.0776. The molecule has 51 heavy (non-hydrogen) atoms. The second-order valence-corrected chi connectivity index (χ2v) is 14.8. The number of aliphatic hydroxyl groups excluding tert-OH is 2. The summed E-state index contributed by atoms with van der Waals surface area (Å²) in [4.78, 5) is 34.8. The monoisotopic (exact) mass is 744 g/mol. The van der Waals surface area contributed by atoms with E-state index in [9.17, 15) is 24.2 Å². The zero-order chi connectivity index (χ0) is 37.7. The van der Waals surface area contributed by atoms with Crippen LogP contribution in [0.1, 0.15) is 168 Å². The molecule has 3 N–H and O–H groups in total. The lowest BCUT2D eigenvalue weighted by atomic mass is 10.1. The summed E-state index contributed by atoms with van der Waals surface area (Å²) in [7, 11) is -4.63. The standard InChI is InChI=1S/C40H73O10P/c1-3-5-7-9-11-13-15-17-18-20-21-23-25-27-29-31-39(43)47-35-38(36-49-51(45,46)48-34-37(42)33-41)50-40(44)32-30-28-26-24-22-19-16-14-12-10-8-6-4-2/h13,15,19,22,26,28,37-38,41-42H,3-12,14,16-18,20-21,23-25,27,29-36H2,1-2H3,(H,45,46)/b15-13+,22-19+,28-26+/t37-,38?/m0/s1. The topological polar surface area (TPSA) is 149 Å². The van der Waals surface area contributed by atoms with Crippen LogP contribution in [0.15, 0.2) is 36.5 Å². The fourth-order valence-electron chi connectivity index (χ4n) is 5.16. The van der Waals surface area contributed by atoms with Gasteiger partial charge in [0.25, 0.3) is 0 Å². The molecule has 0 rings (SSSR count). The van der Waals surface area contributed by atoms with Crippen LogP contribution in [0.3, 0.4) is 0 Å². The van der Waals surface area contributed by atoms with Crippen molar-refractivity contribution in [2.24, 2.45) is 0 Å². The number of allylic oxidation sites excluding steroid dienone is 6. The van der Waals surface area contributed by atoms with Crippen LogP contribution in [0.2, 0.25) is 0 Å². The summed E-state index contributed by atoms with van der Waals surface area (Å²) >= 11 is 0. The number of esters is 2. The molecule has 2 unspecified atom stereocenters. The van der Waals surface area contributed by atoms with Gasteiger partial charge in [0.05, 0.1) is 19.8 Å². The number of hydrogen-bond acceptors (Lipinski definition) is 9. The van der Waals surface area contributed by atoms with Crippen molar-refractivity contribution in [1.29, 1.82) is 0 Å². The Morgan fingerprint density at radius 3 is 1.63 bits per heavy atom. The second-order valence-electron chi connectivity index (χ2n) is 13.3. The molecule has 0 aliphatic carbocycles. The molecule has 0 spiro atoms. The van der Waals surface area contributed by atoms with Crippen molar-refractivity contribution in [2.45, 2.75) is 180 Å². The Morgan fingerprint density at radius 1 is 0.588 bits per heavy atom. The normalized spacial score (nSPS) is 14.4. The minimum Gasteiger partial charge on any atom is -0.462 e. The highest BCUT2D eigenvalue weighted by molar-refractivity contribution is 7.47. The van der Waals surface area contributed by atoms with E-state index in [1.165, 1.54) is 89.9 Å². The van der Waals surface area contributed by atoms with Crippen molar-refractivity contribution in [3.63, 3.8) is 0 Å². The fourth-order valence-corrected chi connectivity index (χ4v) is 5.95. The molecule has 0 aromatic rings. The first-order chi connectivity index (χ1) is 24.7. The molecule has 3 atom stereocenters. The van der Waals surface area contributed by atoms with Gasteiger partial charge in [0.15, 0.2) is 6.10 Å². The molecule has 0 saturated heterocycles.